The number of unbranched alkanes of at least 4 members (excludes halogenated alkanes) is 24. The van der Waals surface area contributed by atoms with Gasteiger partial charge in [-0.15, -0.1) is 0 Å². The van der Waals surface area contributed by atoms with Gasteiger partial charge in [0.25, 0.3) is 0 Å². The lowest BCUT2D eigenvalue weighted by Gasteiger charge is -2.23. The highest BCUT2D eigenvalue weighted by Crippen LogP contribution is 2.30. The van der Waals surface area contributed by atoms with E-state index in [0.717, 1.165) is 37.5 Å². The van der Waals surface area contributed by atoms with Gasteiger partial charge < -0.3 is 0 Å². The minimum absolute atomic E-state index is 0.371. The summed E-state index contributed by atoms with van der Waals surface area (Å²) in [4.78, 5) is 12.5. The number of hydrogen-bond donors (Lipinski definition) is 0. The van der Waals surface area contributed by atoms with Gasteiger partial charge in [0, 0.05) is 12.3 Å². The van der Waals surface area contributed by atoms with Crippen molar-refractivity contribution in [1.82, 2.24) is 0 Å². The van der Waals surface area contributed by atoms with Gasteiger partial charge in [-0.25, -0.2) is 0 Å². The molecule has 0 aromatic carbocycles. The summed E-state index contributed by atoms with van der Waals surface area (Å²) in [5.74, 6) is 2.59. The van der Waals surface area contributed by atoms with E-state index in [2.05, 4.69) is 68.9 Å². The SMILES string of the molecule is C=C(CCCCCCCCCCC)C(CCCCCC)CC(C)CC.CC.CC.CC.CCCC.CCCCCCCCCCCC(=O)C(CCCC)CCCCCC. The molecule has 0 radical (unpaired) electrons. The van der Waals surface area contributed by atoms with Crippen LogP contribution in [0.5, 0.6) is 0 Å². The molecule has 362 valence electrons. The van der Waals surface area contributed by atoms with Crippen LogP contribution in [0.1, 0.15) is 341 Å². The third-order valence-corrected chi connectivity index (χ3v) is 11.8. The van der Waals surface area contributed by atoms with E-state index in [1.54, 1.807) is 5.57 Å². The van der Waals surface area contributed by atoms with Crippen molar-refractivity contribution >= 4 is 5.78 Å². The number of allylic oxidation sites excluding steroid dienone is 1. The predicted octanol–water partition coefficient (Wildman–Crippen LogP) is 22.6. The maximum atomic E-state index is 12.5. The average molecular weight is 838 g/mol. The number of hydrogen-bond acceptors (Lipinski definition) is 1. The third kappa shape index (κ3) is 64.2. The molecule has 3 unspecified atom stereocenters. The van der Waals surface area contributed by atoms with Gasteiger partial charge in [0.15, 0.2) is 0 Å². The van der Waals surface area contributed by atoms with Crippen molar-refractivity contribution in [1.29, 1.82) is 0 Å². The molecule has 0 spiro atoms. The molecule has 59 heavy (non-hydrogen) atoms. The van der Waals surface area contributed by atoms with Gasteiger partial charge in [-0.1, -0.05) is 302 Å². The number of rotatable bonds is 39. The molecule has 0 saturated carbocycles. The molecule has 0 aromatic rings. The van der Waals surface area contributed by atoms with Crippen LogP contribution in [0.4, 0.5) is 0 Å². The third-order valence-electron chi connectivity index (χ3n) is 11.8. The van der Waals surface area contributed by atoms with Crippen LogP contribution in [0.3, 0.4) is 0 Å². The largest absolute Gasteiger partial charge is 0.299 e. The topological polar surface area (TPSA) is 17.1 Å². The molecule has 0 N–H and O–H groups in total. The number of carbonyl (C=O) groups excluding carboxylic acids is 1. The molecule has 0 rings (SSSR count). The number of carbonyl (C=O) groups is 1. The van der Waals surface area contributed by atoms with Crippen molar-refractivity contribution in [3.8, 4) is 0 Å². The summed E-state index contributed by atoms with van der Waals surface area (Å²) >= 11 is 0. The van der Waals surface area contributed by atoms with Crippen molar-refractivity contribution in [2.75, 3.05) is 0 Å². The number of ketones is 1. The van der Waals surface area contributed by atoms with E-state index in [-0.39, 0.29) is 0 Å². The van der Waals surface area contributed by atoms with Gasteiger partial charge >= 0.3 is 0 Å². The molecule has 1 heteroatoms. The molecule has 0 aliphatic heterocycles. The Morgan fingerprint density at radius 3 is 0.983 bits per heavy atom. The van der Waals surface area contributed by atoms with Crippen LogP contribution in [-0.2, 0) is 4.79 Å². The lowest BCUT2D eigenvalue weighted by molar-refractivity contribution is -0.123. The highest BCUT2D eigenvalue weighted by atomic mass is 16.1. The fourth-order valence-corrected chi connectivity index (χ4v) is 7.37. The molecular formula is C58H124O. The van der Waals surface area contributed by atoms with E-state index >= 15 is 0 Å². The van der Waals surface area contributed by atoms with E-state index in [1.807, 2.05) is 41.5 Å². The second-order valence-corrected chi connectivity index (χ2v) is 17.3. The Bertz CT molecular complexity index is 677. The van der Waals surface area contributed by atoms with Gasteiger partial charge in [-0.3, -0.25) is 4.79 Å². The summed E-state index contributed by atoms with van der Waals surface area (Å²) in [7, 11) is 0. The Kier molecular flexibility index (Phi) is 82.1. The van der Waals surface area contributed by atoms with E-state index in [4.69, 9.17) is 0 Å². The van der Waals surface area contributed by atoms with Crippen molar-refractivity contribution in [2.24, 2.45) is 17.8 Å². The Morgan fingerprint density at radius 2 is 0.644 bits per heavy atom. The molecule has 0 aliphatic rings. The van der Waals surface area contributed by atoms with Crippen LogP contribution in [0, 0.1) is 17.8 Å². The Balaban J connectivity index is -0.000000195. The Labute approximate surface area is 380 Å². The molecule has 0 aromatic heterocycles. The summed E-state index contributed by atoms with van der Waals surface area (Å²) in [6.07, 6.45) is 49.2. The fraction of sp³-hybridized carbons (Fsp3) is 0.948. The zero-order chi connectivity index (χ0) is 46.0. The van der Waals surface area contributed by atoms with Crippen LogP contribution in [0.15, 0.2) is 12.2 Å². The van der Waals surface area contributed by atoms with Crippen LogP contribution in [0.2, 0.25) is 0 Å². The quantitative estimate of drug-likeness (QED) is 0.0445. The molecule has 3 atom stereocenters. The van der Waals surface area contributed by atoms with Gasteiger partial charge in [-0.05, 0) is 56.8 Å². The van der Waals surface area contributed by atoms with Crippen molar-refractivity contribution in [2.45, 2.75) is 341 Å². The molecule has 0 bridgehead atoms. The Morgan fingerprint density at radius 1 is 0.356 bits per heavy atom. The average Bonchev–Trinajstić information content (AvgIpc) is 3.28. The van der Waals surface area contributed by atoms with E-state index < -0.39 is 0 Å². The molecular weight excluding hydrogens is 713 g/mol. The fourth-order valence-electron chi connectivity index (χ4n) is 7.37. The van der Waals surface area contributed by atoms with E-state index in [1.165, 1.54) is 212 Å². The summed E-state index contributed by atoms with van der Waals surface area (Å²) in [6, 6.07) is 0. The van der Waals surface area contributed by atoms with Gasteiger partial charge in [0.05, 0.1) is 0 Å². The Hall–Kier alpha value is -0.590. The first-order valence-corrected chi connectivity index (χ1v) is 28.0. The molecule has 0 heterocycles. The summed E-state index contributed by atoms with van der Waals surface area (Å²) < 4.78 is 0. The lowest BCUT2D eigenvalue weighted by atomic mass is 9.83. The zero-order valence-electron chi connectivity index (χ0n) is 45.0. The summed E-state index contributed by atoms with van der Waals surface area (Å²) in [6.45, 7) is 37.0. The smallest absolute Gasteiger partial charge is 0.135 e. The van der Waals surface area contributed by atoms with Crippen LogP contribution in [0.25, 0.3) is 0 Å². The first-order chi connectivity index (χ1) is 28.8. The molecule has 0 aliphatic carbocycles. The van der Waals surface area contributed by atoms with Crippen molar-refractivity contribution in [3.63, 3.8) is 0 Å². The molecule has 0 fully saturated rings. The van der Waals surface area contributed by atoms with Crippen LogP contribution >= 0.6 is 0 Å². The predicted molar refractivity (Wildman–Crippen MR) is 281 cm³/mol. The normalized spacial score (nSPS) is 11.7. The van der Waals surface area contributed by atoms with Gasteiger partial charge in [0.1, 0.15) is 5.78 Å². The molecule has 0 saturated heterocycles. The first kappa shape index (κ1) is 70.1. The number of Topliss-reactive ketones (excluding diaryl/α,β-unsaturated/α-hetero) is 1. The summed E-state index contributed by atoms with van der Waals surface area (Å²) in [5.41, 5.74) is 1.57. The van der Waals surface area contributed by atoms with E-state index in [0.29, 0.717) is 11.7 Å². The minimum atomic E-state index is 0.371. The molecule has 0 amide bonds. The van der Waals surface area contributed by atoms with Crippen molar-refractivity contribution in [3.05, 3.63) is 12.2 Å². The van der Waals surface area contributed by atoms with Crippen LogP contribution < -0.4 is 0 Å². The maximum Gasteiger partial charge on any atom is 0.135 e. The van der Waals surface area contributed by atoms with Crippen LogP contribution in [-0.4, -0.2) is 5.78 Å². The van der Waals surface area contributed by atoms with Gasteiger partial charge in [-0.2, -0.15) is 0 Å². The minimum Gasteiger partial charge on any atom is -0.299 e. The second kappa shape index (κ2) is 69.1. The maximum absolute atomic E-state index is 12.5. The molecule has 1 nitrogen and oxygen atoms in total. The standard InChI is InChI=1S/C25H50.C23H46O.C4H10.3C2H6/c1-6-9-11-13-14-15-16-17-18-20-24(5)25(22-23(4)8-3)21-19-12-10-7-2;1-4-7-10-12-13-14-15-16-18-21-23(24)22(19-9-6-3)20-17-11-8-5-2;1-3-4-2;3*1-2/h23,25H,5-22H2,1-4H3;22H,4-21H2,1-3H3;3-4H2,1-2H3;3*1-2H3. The highest BCUT2D eigenvalue weighted by Gasteiger charge is 2.17. The zero-order valence-corrected chi connectivity index (χ0v) is 45.0. The first-order valence-electron chi connectivity index (χ1n) is 28.0. The lowest BCUT2D eigenvalue weighted by Crippen LogP contribution is -2.14. The van der Waals surface area contributed by atoms with Gasteiger partial charge in [0.2, 0.25) is 0 Å². The van der Waals surface area contributed by atoms with Crippen molar-refractivity contribution < 1.29 is 4.79 Å². The monoisotopic (exact) mass is 837 g/mol. The highest BCUT2D eigenvalue weighted by molar-refractivity contribution is 5.80. The van der Waals surface area contributed by atoms with E-state index in [9.17, 15) is 4.79 Å². The summed E-state index contributed by atoms with van der Waals surface area (Å²) in [5, 5.41) is 0. The second-order valence-electron chi connectivity index (χ2n) is 17.3.